The summed E-state index contributed by atoms with van der Waals surface area (Å²) >= 11 is 0. The first-order chi connectivity index (χ1) is 8.36. The number of nitrogens with zero attached hydrogens (tertiary/aromatic N) is 1. The molecule has 6 nitrogen and oxygen atoms in total. The fourth-order valence-electron chi connectivity index (χ4n) is 1.09. The van der Waals surface area contributed by atoms with Crippen LogP contribution in [0.15, 0.2) is 23.4 Å². The Labute approximate surface area is 103 Å². The molecule has 0 saturated carbocycles. The van der Waals surface area contributed by atoms with Crippen molar-refractivity contribution in [2.24, 2.45) is 0 Å². The van der Waals surface area contributed by atoms with Crippen LogP contribution in [0.3, 0.4) is 0 Å². The van der Waals surface area contributed by atoms with Gasteiger partial charge in [-0.2, -0.15) is 4.72 Å². The second-order valence-electron chi connectivity index (χ2n) is 3.26. The number of aromatic nitrogens is 1. The maximum atomic E-state index is 12.8. The van der Waals surface area contributed by atoms with E-state index in [9.17, 15) is 17.6 Å². The SMILES string of the molecule is C#CCC(NS(=O)(=O)c1cncc(F)c1)C(=O)O. The first-order valence-electron chi connectivity index (χ1n) is 4.66. The lowest BCUT2D eigenvalue weighted by molar-refractivity contribution is -0.138. The Hall–Kier alpha value is -1.98. The van der Waals surface area contributed by atoms with Gasteiger partial charge in [0.25, 0.3) is 0 Å². The monoisotopic (exact) mass is 272 g/mol. The van der Waals surface area contributed by atoms with Crippen LogP contribution in [0.1, 0.15) is 6.42 Å². The van der Waals surface area contributed by atoms with Crippen molar-refractivity contribution in [2.75, 3.05) is 0 Å². The number of hydrogen-bond acceptors (Lipinski definition) is 4. The number of pyridine rings is 1. The molecule has 1 aromatic rings. The Bertz CT molecular complexity index is 594. The topological polar surface area (TPSA) is 96.4 Å². The molecule has 0 bridgehead atoms. The van der Waals surface area contributed by atoms with Crippen molar-refractivity contribution < 1.29 is 22.7 Å². The average molecular weight is 272 g/mol. The first kappa shape index (κ1) is 14.1. The van der Waals surface area contributed by atoms with Gasteiger partial charge in [-0.3, -0.25) is 9.78 Å². The quantitative estimate of drug-likeness (QED) is 0.734. The molecule has 96 valence electrons. The van der Waals surface area contributed by atoms with E-state index >= 15 is 0 Å². The van der Waals surface area contributed by atoms with Crippen LogP contribution in [0.2, 0.25) is 0 Å². The van der Waals surface area contributed by atoms with E-state index in [2.05, 4.69) is 4.98 Å². The minimum atomic E-state index is -4.18. The van der Waals surface area contributed by atoms with Crippen LogP contribution in [0.25, 0.3) is 0 Å². The maximum Gasteiger partial charge on any atom is 0.322 e. The highest BCUT2D eigenvalue weighted by Crippen LogP contribution is 2.09. The normalized spacial score (nSPS) is 12.7. The number of nitrogens with one attached hydrogen (secondary N) is 1. The third kappa shape index (κ3) is 3.51. The van der Waals surface area contributed by atoms with Gasteiger partial charge in [-0.05, 0) is 6.07 Å². The van der Waals surface area contributed by atoms with E-state index in [-0.39, 0.29) is 6.42 Å². The Kier molecular flexibility index (Phi) is 4.36. The Balaban J connectivity index is 3.01. The molecule has 1 heterocycles. The molecule has 0 fully saturated rings. The van der Waals surface area contributed by atoms with Crippen molar-refractivity contribution >= 4 is 16.0 Å². The van der Waals surface area contributed by atoms with Gasteiger partial charge in [0.05, 0.1) is 6.20 Å². The fraction of sp³-hybridized carbons (Fsp3) is 0.200. The molecular formula is C10H9FN2O4S. The van der Waals surface area contributed by atoms with Crippen LogP contribution in [-0.4, -0.2) is 30.5 Å². The molecule has 18 heavy (non-hydrogen) atoms. The van der Waals surface area contributed by atoms with Gasteiger partial charge in [0.2, 0.25) is 10.0 Å². The zero-order valence-corrected chi connectivity index (χ0v) is 9.82. The van der Waals surface area contributed by atoms with Crippen molar-refractivity contribution in [3.8, 4) is 12.3 Å². The van der Waals surface area contributed by atoms with E-state index in [1.165, 1.54) is 0 Å². The smallest absolute Gasteiger partial charge is 0.322 e. The Morgan fingerprint density at radius 1 is 1.61 bits per heavy atom. The standard InChI is InChI=1S/C10H9FN2O4S/c1-2-3-9(10(14)15)13-18(16,17)8-4-7(11)5-12-6-8/h1,4-6,9,13H,3H2,(H,14,15). The number of carboxylic acids is 1. The van der Waals surface area contributed by atoms with Crippen molar-refractivity contribution in [3.05, 3.63) is 24.3 Å². The summed E-state index contributed by atoms with van der Waals surface area (Å²) in [6, 6.07) is -0.743. The summed E-state index contributed by atoms with van der Waals surface area (Å²) in [6.45, 7) is 0. The van der Waals surface area contributed by atoms with E-state index in [1.54, 1.807) is 0 Å². The number of hydrogen-bond donors (Lipinski definition) is 2. The van der Waals surface area contributed by atoms with Gasteiger partial charge < -0.3 is 5.11 Å². The van der Waals surface area contributed by atoms with Crippen LogP contribution in [0.5, 0.6) is 0 Å². The minimum Gasteiger partial charge on any atom is -0.480 e. The van der Waals surface area contributed by atoms with Crippen molar-refractivity contribution in [2.45, 2.75) is 17.4 Å². The first-order valence-corrected chi connectivity index (χ1v) is 6.14. The number of terminal acetylenes is 1. The largest absolute Gasteiger partial charge is 0.480 e. The second-order valence-corrected chi connectivity index (χ2v) is 4.97. The summed E-state index contributed by atoms with van der Waals surface area (Å²) in [5, 5.41) is 8.76. The number of rotatable bonds is 5. The fourth-order valence-corrected chi connectivity index (χ4v) is 2.25. The molecule has 0 aliphatic carbocycles. The van der Waals surface area contributed by atoms with Gasteiger partial charge in [0.15, 0.2) is 0 Å². The van der Waals surface area contributed by atoms with Crippen LogP contribution in [-0.2, 0) is 14.8 Å². The van der Waals surface area contributed by atoms with Crippen LogP contribution in [0.4, 0.5) is 4.39 Å². The molecule has 0 spiro atoms. The van der Waals surface area contributed by atoms with E-state index < -0.39 is 32.7 Å². The van der Waals surface area contributed by atoms with Gasteiger partial charge >= 0.3 is 5.97 Å². The van der Waals surface area contributed by atoms with E-state index in [0.717, 1.165) is 18.5 Å². The second kappa shape index (κ2) is 5.57. The molecule has 0 aromatic carbocycles. The number of aliphatic carboxylic acids is 1. The highest BCUT2D eigenvalue weighted by molar-refractivity contribution is 7.89. The van der Waals surface area contributed by atoms with Crippen LogP contribution >= 0.6 is 0 Å². The van der Waals surface area contributed by atoms with Gasteiger partial charge in [-0.25, -0.2) is 12.8 Å². The van der Waals surface area contributed by atoms with E-state index in [0.29, 0.717) is 0 Å². The molecule has 2 N–H and O–H groups in total. The number of carboxylic acid groups (broad SMARTS) is 1. The molecule has 0 radical (unpaired) electrons. The summed E-state index contributed by atoms with van der Waals surface area (Å²) in [6.07, 6.45) is 6.34. The highest BCUT2D eigenvalue weighted by Gasteiger charge is 2.25. The molecule has 0 aliphatic rings. The lowest BCUT2D eigenvalue weighted by Gasteiger charge is -2.11. The van der Waals surface area contributed by atoms with Crippen molar-refractivity contribution in [1.29, 1.82) is 0 Å². The van der Waals surface area contributed by atoms with Crippen LogP contribution in [0, 0.1) is 18.2 Å². The predicted octanol–water partition coefficient (Wildman–Crippen LogP) is -0.0245. The Morgan fingerprint density at radius 3 is 2.78 bits per heavy atom. The molecule has 1 unspecified atom stereocenters. The predicted molar refractivity (Wildman–Crippen MR) is 59.4 cm³/mol. The molecule has 1 rings (SSSR count). The number of sulfonamides is 1. The highest BCUT2D eigenvalue weighted by atomic mass is 32.2. The summed E-state index contributed by atoms with van der Waals surface area (Å²) in [4.78, 5) is 13.7. The van der Waals surface area contributed by atoms with Gasteiger partial charge in [0, 0.05) is 12.6 Å². The lowest BCUT2D eigenvalue weighted by Crippen LogP contribution is -2.40. The van der Waals surface area contributed by atoms with E-state index in [1.807, 2.05) is 10.6 Å². The summed E-state index contributed by atoms with van der Waals surface area (Å²) in [7, 11) is -4.18. The van der Waals surface area contributed by atoms with Gasteiger partial charge in [0.1, 0.15) is 16.8 Å². The molecular weight excluding hydrogens is 263 g/mol. The third-order valence-electron chi connectivity index (χ3n) is 1.91. The summed E-state index contributed by atoms with van der Waals surface area (Å²) in [5.41, 5.74) is 0. The molecule has 1 aromatic heterocycles. The molecule has 0 amide bonds. The number of halogens is 1. The summed E-state index contributed by atoms with van der Waals surface area (Å²) in [5.74, 6) is -0.224. The van der Waals surface area contributed by atoms with Crippen LogP contribution < -0.4 is 4.72 Å². The molecule has 1 atom stereocenters. The summed E-state index contributed by atoms with van der Waals surface area (Å²) < 4.78 is 38.1. The Morgan fingerprint density at radius 2 is 2.28 bits per heavy atom. The zero-order chi connectivity index (χ0) is 13.8. The minimum absolute atomic E-state index is 0.322. The molecule has 0 saturated heterocycles. The number of carbonyl (C=O) groups is 1. The maximum absolute atomic E-state index is 12.8. The average Bonchev–Trinajstić information content (AvgIpc) is 2.28. The van der Waals surface area contributed by atoms with Crippen molar-refractivity contribution in [1.82, 2.24) is 9.71 Å². The zero-order valence-electron chi connectivity index (χ0n) is 9.00. The third-order valence-corrected chi connectivity index (χ3v) is 3.35. The molecule has 8 heteroatoms. The molecule has 0 aliphatic heterocycles. The lowest BCUT2D eigenvalue weighted by atomic mass is 10.2. The van der Waals surface area contributed by atoms with Gasteiger partial charge in [-0.15, -0.1) is 12.3 Å². The van der Waals surface area contributed by atoms with E-state index in [4.69, 9.17) is 11.5 Å². The van der Waals surface area contributed by atoms with Crippen molar-refractivity contribution in [3.63, 3.8) is 0 Å². The van der Waals surface area contributed by atoms with Gasteiger partial charge in [-0.1, -0.05) is 0 Å².